The maximum atomic E-state index is 10.5. The van der Waals surface area contributed by atoms with Crippen molar-refractivity contribution in [3.05, 3.63) is 35.3 Å². The molecule has 0 aliphatic carbocycles. The van der Waals surface area contributed by atoms with Crippen molar-refractivity contribution in [1.29, 1.82) is 0 Å². The van der Waals surface area contributed by atoms with Gasteiger partial charge in [0.05, 0.1) is 12.1 Å². The average Bonchev–Trinajstić information content (AvgIpc) is 2.60. The van der Waals surface area contributed by atoms with Gasteiger partial charge in [0.2, 0.25) is 0 Å². The van der Waals surface area contributed by atoms with Gasteiger partial charge in [0, 0.05) is 6.54 Å². The summed E-state index contributed by atoms with van der Waals surface area (Å²) in [6.45, 7) is 5.34. The van der Waals surface area contributed by atoms with Crippen LogP contribution in [-0.4, -0.2) is 17.6 Å². The molecule has 0 fully saturated rings. The summed E-state index contributed by atoms with van der Waals surface area (Å²) in [6, 6.07) is 1.53. The van der Waals surface area contributed by atoms with Crippen molar-refractivity contribution in [3.8, 4) is 0 Å². The largest absolute Gasteiger partial charge is 0.478 e. The van der Waals surface area contributed by atoms with Gasteiger partial charge in [0.15, 0.2) is 0 Å². The average molecular weight is 209 g/mol. The van der Waals surface area contributed by atoms with E-state index < -0.39 is 5.97 Å². The van der Waals surface area contributed by atoms with Crippen molar-refractivity contribution in [2.45, 2.75) is 20.4 Å². The van der Waals surface area contributed by atoms with Gasteiger partial charge in [-0.1, -0.05) is 11.6 Å². The molecule has 0 spiro atoms. The van der Waals surface area contributed by atoms with Gasteiger partial charge >= 0.3 is 5.97 Å². The Morgan fingerprint density at radius 2 is 2.33 bits per heavy atom. The Morgan fingerprint density at radius 3 is 2.87 bits per heavy atom. The predicted octanol–water partition coefficient (Wildman–Crippen LogP) is 2.03. The third-order valence-corrected chi connectivity index (χ3v) is 1.85. The molecular formula is C11H15NO3. The highest BCUT2D eigenvalue weighted by atomic mass is 16.4. The Morgan fingerprint density at radius 1 is 1.60 bits per heavy atom. The molecule has 4 heteroatoms. The number of aromatic carboxylic acids is 1. The lowest BCUT2D eigenvalue weighted by atomic mass is 10.3. The lowest BCUT2D eigenvalue weighted by Gasteiger charge is -1.97. The van der Waals surface area contributed by atoms with E-state index in [0.717, 1.165) is 6.54 Å². The Labute approximate surface area is 88.6 Å². The maximum absolute atomic E-state index is 10.5. The van der Waals surface area contributed by atoms with Gasteiger partial charge in [0.1, 0.15) is 12.0 Å². The zero-order valence-corrected chi connectivity index (χ0v) is 8.91. The van der Waals surface area contributed by atoms with Gasteiger partial charge in [-0.25, -0.2) is 4.79 Å². The molecule has 2 N–H and O–H groups in total. The first-order valence-electron chi connectivity index (χ1n) is 4.74. The third-order valence-electron chi connectivity index (χ3n) is 1.85. The number of nitrogens with one attached hydrogen (secondary N) is 1. The van der Waals surface area contributed by atoms with Gasteiger partial charge < -0.3 is 14.8 Å². The first kappa shape index (κ1) is 11.5. The SMILES string of the molecule is CC(C)=CCNCc1cc(C(=O)O)co1. The number of rotatable bonds is 5. The number of furan rings is 1. The molecule has 1 heterocycles. The summed E-state index contributed by atoms with van der Waals surface area (Å²) in [5, 5.41) is 11.8. The van der Waals surface area contributed by atoms with Gasteiger partial charge in [-0.05, 0) is 19.9 Å². The summed E-state index contributed by atoms with van der Waals surface area (Å²) >= 11 is 0. The minimum absolute atomic E-state index is 0.189. The van der Waals surface area contributed by atoms with E-state index in [-0.39, 0.29) is 5.56 Å². The Balaban J connectivity index is 2.38. The van der Waals surface area contributed by atoms with Crippen LogP contribution in [0.4, 0.5) is 0 Å². The van der Waals surface area contributed by atoms with Gasteiger partial charge in [-0.3, -0.25) is 0 Å². The number of hydrogen-bond acceptors (Lipinski definition) is 3. The highest BCUT2D eigenvalue weighted by molar-refractivity contribution is 5.87. The van der Waals surface area contributed by atoms with Crippen molar-refractivity contribution in [1.82, 2.24) is 5.32 Å². The van der Waals surface area contributed by atoms with Crippen molar-refractivity contribution in [2.24, 2.45) is 0 Å². The molecule has 0 atom stereocenters. The van der Waals surface area contributed by atoms with Crippen LogP contribution in [0.25, 0.3) is 0 Å². The maximum Gasteiger partial charge on any atom is 0.338 e. The van der Waals surface area contributed by atoms with Crippen LogP contribution in [0.3, 0.4) is 0 Å². The topological polar surface area (TPSA) is 62.5 Å². The Hall–Kier alpha value is -1.55. The molecule has 0 unspecified atom stereocenters. The van der Waals surface area contributed by atoms with E-state index in [4.69, 9.17) is 9.52 Å². The first-order valence-corrected chi connectivity index (χ1v) is 4.74. The van der Waals surface area contributed by atoms with Crippen molar-refractivity contribution >= 4 is 5.97 Å². The molecule has 0 amide bonds. The Kier molecular flexibility index (Phi) is 4.12. The normalized spacial score (nSPS) is 10.0. The summed E-state index contributed by atoms with van der Waals surface area (Å²) in [5.41, 5.74) is 1.43. The summed E-state index contributed by atoms with van der Waals surface area (Å²) < 4.78 is 5.07. The highest BCUT2D eigenvalue weighted by Gasteiger charge is 2.06. The van der Waals surface area contributed by atoms with Crippen LogP contribution in [-0.2, 0) is 6.54 Å². The fourth-order valence-electron chi connectivity index (χ4n) is 1.06. The molecule has 0 saturated carbocycles. The lowest BCUT2D eigenvalue weighted by Crippen LogP contribution is -2.12. The van der Waals surface area contributed by atoms with Crippen LogP contribution in [0.15, 0.2) is 28.4 Å². The van der Waals surface area contributed by atoms with E-state index >= 15 is 0 Å². The number of hydrogen-bond donors (Lipinski definition) is 2. The van der Waals surface area contributed by atoms with Gasteiger partial charge in [-0.15, -0.1) is 0 Å². The Bertz CT molecular complexity index is 362. The molecule has 0 bridgehead atoms. The number of carboxylic acids is 1. The van der Waals surface area contributed by atoms with E-state index in [1.54, 1.807) is 0 Å². The van der Waals surface area contributed by atoms with Crippen LogP contribution >= 0.6 is 0 Å². The van der Waals surface area contributed by atoms with E-state index in [9.17, 15) is 4.79 Å². The number of carboxylic acid groups (broad SMARTS) is 1. The summed E-state index contributed by atoms with van der Waals surface area (Å²) in [6.07, 6.45) is 3.31. The number of carbonyl (C=O) groups is 1. The van der Waals surface area contributed by atoms with Crippen LogP contribution in [0.5, 0.6) is 0 Å². The fourth-order valence-corrected chi connectivity index (χ4v) is 1.06. The summed E-state index contributed by atoms with van der Waals surface area (Å²) in [4.78, 5) is 10.5. The quantitative estimate of drug-likeness (QED) is 0.575. The monoisotopic (exact) mass is 209 g/mol. The summed E-state index contributed by atoms with van der Waals surface area (Å²) in [5.74, 6) is -0.330. The minimum Gasteiger partial charge on any atom is -0.478 e. The lowest BCUT2D eigenvalue weighted by molar-refractivity contribution is 0.0696. The predicted molar refractivity (Wildman–Crippen MR) is 56.8 cm³/mol. The van der Waals surface area contributed by atoms with Crippen LogP contribution in [0.2, 0.25) is 0 Å². The van der Waals surface area contributed by atoms with Crippen LogP contribution in [0, 0.1) is 0 Å². The van der Waals surface area contributed by atoms with E-state index in [1.165, 1.54) is 17.9 Å². The minimum atomic E-state index is -0.964. The summed E-state index contributed by atoms with van der Waals surface area (Å²) in [7, 11) is 0. The molecule has 1 aromatic heterocycles. The molecule has 1 aromatic rings. The molecule has 0 saturated heterocycles. The molecule has 1 rings (SSSR count). The second-order valence-electron chi connectivity index (χ2n) is 3.52. The molecule has 4 nitrogen and oxygen atoms in total. The van der Waals surface area contributed by atoms with E-state index in [2.05, 4.69) is 11.4 Å². The molecule has 82 valence electrons. The zero-order chi connectivity index (χ0) is 11.3. The van der Waals surface area contributed by atoms with Crippen LogP contribution in [0.1, 0.15) is 30.0 Å². The van der Waals surface area contributed by atoms with E-state index in [1.807, 2.05) is 13.8 Å². The standard InChI is InChI=1S/C11H15NO3/c1-8(2)3-4-12-6-10-5-9(7-15-10)11(13)14/h3,5,7,12H,4,6H2,1-2H3,(H,13,14). The van der Waals surface area contributed by atoms with E-state index in [0.29, 0.717) is 12.3 Å². The number of allylic oxidation sites excluding steroid dienone is 1. The van der Waals surface area contributed by atoms with Crippen molar-refractivity contribution in [3.63, 3.8) is 0 Å². The second-order valence-corrected chi connectivity index (χ2v) is 3.52. The van der Waals surface area contributed by atoms with Crippen molar-refractivity contribution < 1.29 is 14.3 Å². The molecule has 0 aliphatic rings. The molecular weight excluding hydrogens is 194 g/mol. The molecule has 15 heavy (non-hydrogen) atoms. The van der Waals surface area contributed by atoms with Crippen molar-refractivity contribution in [2.75, 3.05) is 6.54 Å². The van der Waals surface area contributed by atoms with Crippen LogP contribution < -0.4 is 5.32 Å². The second kappa shape index (κ2) is 5.36. The van der Waals surface area contributed by atoms with Gasteiger partial charge in [0.25, 0.3) is 0 Å². The third kappa shape index (κ3) is 3.99. The highest BCUT2D eigenvalue weighted by Crippen LogP contribution is 2.07. The molecule has 0 aromatic carbocycles. The smallest absolute Gasteiger partial charge is 0.338 e. The molecule has 0 radical (unpaired) electrons. The zero-order valence-electron chi connectivity index (χ0n) is 8.91. The molecule has 0 aliphatic heterocycles. The van der Waals surface area contributed by atoms with Gasteiger partial charge in [-0.2, -0.15) is 0 Å². The fraction of sp³-hybridized carbons (Fsp3) is 0.364. The first-order chi connectivity index (χ1) is 7.09.